The minimum absolute atomic E-state index is 0.748. The Kier molecular flexibility index (Phi) is 3.70. The fourth-order valence-electron chi connectivity index (χ4n) is 2.22. The van der Waals surface area contributed by atoms with Crippen LogP contribution in [-0.4, -0.2) is 5.16 Å². The Bertz CT molecular complexity index is 702. The Labute approximate surface area is 126 Å². The Hall–Kier alpha value is -1.87. The topological polar surface area (TPSA) is 26.0 Å². The molecule has 0 radical (unpaired) electrons. The van der Waals surface area contributed by atoms with E-state index in [9.17, 15) is 0 Å². The van der Waals surface area contributed by atoms with Crippen LogP contribution in [0, 0.1) is 6.92 Å². The van der Waals surface area contributed by atoms with Crippen LogP contribution in [0.2, 0.25) is 0 Å². The molecule has 1 aromatic heterocycles. The number of rotatable bonds is 3. The van der Waals surface area contributed by atoms with Crippen molar-refractivity contribution in [3.05, 3.63) is 65.9 Å². The average Bonchev–Trinajstić information content (AvgIpc) is 2.89. The summed E-state index contributed by atoms with van der Waals surface area (Å²) in [6.45, 7) is 1.96. The molecule has 100 valence electrons. The van der Waals surface area contributed by atoms with Gasteiger partial charge in [0.05, 0.1) is 5.69 Å². The third-order valence-corrected chi connectivity index (χ3v) is 3.93. The molecule has 2 aromatic carbocycles. The second-order valence-electron chi connectivity index (χ2n) is 4.65. The zero-order valence-corrected chi connectivity index (χ0v) is 12.7. The molecule has 0 amide bonds. The first kappa shape index (κ1) is 13.1. The van der Waals surface area contributed by atoms with Gasteiger partial charge in [0.25, 0.3) is 0 Å². The molecule has 0 aliphatic rings. The summed E-state index contributed by atoms with van der Waals surface area (Å²) >= 11 is 3.49. The van der Waals surface area contributed by atoms with E-state index in [4.69, 9.17) is 4.52 Å². The van der Waals surface area contributed by atoms with Gasteiger partial charge in [0.1, 0.15) is 0 Å². The van der Waals surface area contributed by atoms with Crippen molar-refractivity contribution in [1.29, 1.82) is 0 Å². The maximum Gasteiger partial charge on any atom is 0.171 e. The van der Waals surface area contributed by atoms with Crippen molar-refractivity contribution in [3.8, 4) is 22.5 Å². The van der Waals surface area contributed by atoms with Crippen LogP contribution in [-0.2, 0) is 5.33 Å². The fourth-order valence-corrected chi connectivity index (χ4v) is 2.88. The van der Waals surface area contributed by atoms with Crippen LogP contribution in [0.3, 0.4) is 0 Å². The molecule has 0 atom stereocenters. The smallest absolute Gasteiger partial charge is 0.171 e. The van der Waals surface area contributed by atoms with Crippen molar-refractivity contribution >= 4 is 15.9 Å². The second kappa shape index (κ2) is 5.63. The summed E-state index contributed by atoms with van der Waals surface area (Å²) in [7, 11) is 0. The number of aryl methyl sites for hydroxylation is 1. The van der Waals surface area contributed by atoms with E-state index in [-0.39, 0.29) is 0 Å². The van der Waals surface area contributed by atoms with Crippen LogP contribution in [0.15, 0.2) is 59.1 Å². The summed E-state index contributed by atoms with van der Waals surface area (Å²) in [6.07, 6.45) is 0. The summed E-state index contributed by atoms with van der Waals surface area (Å²) < 4.78 is 5.44. The number of nitrogens with zero attached hydrogens (tertiary/aromatic N) is 1. The largest absolute Gasteiger partial charge is 0.356 e. The van der Waals surface area contributed by atoms with Crippen LogP contribution in [0.1, 0.15) is 11.3 Å². The Morgan fingerprint density at radius 3 is 2.15 bits per heavy atom. The maximum absolute atomic E-state index is 5.44. The molecule has 3 aromatic rings. The van der Waals surface area contributed by atoms with E-state index in [2.05, 4.69) is 57.5 Å². The number of aromatic nitrogens is 1. The summed E-state index contributed by atoms with van der Waals surface area (Å²) in [5.41, 5.74) is 5.51. The van der Waals surface area contributed by atoms with Crippen LogP contribution >= 0.6 is 15.9 Å². The third kappa shape index (κ3) is 2.41. The molecule has 20 heavy (non-hydrogen) atoms. The van der Waals surface area contributed by atoms with Gasteiger partial charge in [0, 0.05) is 16.5 Å². The summed E-state index contributed by atoms with van der Waals surface area (Å²) in [6, 6.07) is 18.7. The molecule has 0 saturated heterocycles. The molecular weight excluding hydrogens is 314 g/mol. The van der Waals surface area contributed by atoms with Gasteiger partial charge in [-0.1, -0.05) is 75.7 Å². The average molecular weight is 328 g/mol. The lowest BCUT2D eigenvalue weighted by atomic mass is 10.0. The number of hydrogen-bond donors (Lipinski definition) is 0. The standard InChI is InChI=1S/C17H14BrNO/c1-12-16(11-18)17(20-19-12)15-9-7-14(8-10-15)13-5-3-2-4-6-13/h2-10H,11H2,1H3. The maximum atomic E-state index is 5.44. The summed E-state index contributed by atoms with van der Waals surface area (Å²) in [4.78, 5) is 0. The van der Waals surface area contributed by atoms with Gasteiger partial charge in [0.2, 0.25) is 0 Å². The lowest BCUT2D eigenvalue weighted by molar-refractivity contribution is 0.427. The SMILES string of the molecule is Cc1noc(-c2ccc(-c3ccccc3)cc2)c1CBr. The van der Waals surface area contributed by atoms with Gasteiger partial charge in [-0.3, -0.25) is 0 Å². The number of benzene rings is 2. The van der Waals surface area contributed by atoms with E-state index in [0.29, 0.717) is 0 Å². The van der Waals surface area contributed by atoms with Gasteiger partial charge >= 0.3 is 0 Å². The Balaban J connectivity index is 1.97. The minimum Gasteiger partial charge on any atom is -0.356 e. The second-order valence-corrected chi connectivity index (χ2v) is 5.21. The molecule has 1 heterocycles. The first-order valence-electron chi connectivity index (χ1n) is 6.46. The number of alkyl halides is 1. The van der Waals surface area contributed by atoms with Gasteiger partial charge in [-0.25, -0.2) is 0 Å². The lowest BCUT2D eigenvalue weighted by Crippen LogP contribution is -1.84. The Morgan fingerprint density at radius 2 is 1.50 bits per heavy atom. The highest BCUT2D eigenvalue weighted by molar-refractivity contribution is 9.08. The van der Waals surface area contributed by atoms with E-state index in [0.717, 1.165) is 27.9 Å². The van der Waals surface area contributed by atoms with E-state index in [1.165, 1.54) is 11.1 Å². The first-order chi connectivity index (χ1) is 9.79. The highest BCUT2D eigenvalue weighted by Crippen LogP contribution is 2.29. The number of hydrogen-bond acceptors (Lipinski definition) is 2. The molecule has 0 spiro atoms. The highest BCUT2D eigenvalue weighted by atomic mass is 79.9. The molecule has 0 N–H and O–H groups in total. The van der Waals surface area contributed by atoms with Crippen LogP contribution in [0.4, 0.5) is 0 Å². The van der Waals surface area contributed by atoms with Crippen molar-refractivity contribution in [2.75, 3.05) is 0 Å². The molecule has 3 rings (SSSR count). The minimum atomic E-state index is 0.748. The highest BCUT2D eigenvalue weighted by Gasteiger charge is 2.13. The van der Waals surface area contributed by atoms with Crippen LogP contribution < -0.4 is 0 Å². The van der Waals surface area contributed by atoms with E-state index in [1.54, 1.807) is 0 Å². The molecule has 0 fully saturated rings. The van der Waals surface area contributed by atoms with Gasteiger partial charge in [-0.15, -0.1) is 0 Å². The van der Waals surface area contributed by atoms with Gasteiger partial charge in [0.15, 0.2) is 5.76 Å². The molecule has 2 nitrogen and oxygen atoms in total. The fraction of sp³-hybridized carbons (Fsp3) is 0.118. The molecular formula is C17H14BrNO. The zero-order valence-electron chi connectivity index (χ0n) is 11.1. The third-order valence-electron chi connectivity index (χ3n) is 3.37. The van der Waals surface area contributed by atoms with Crippen LogP contribution in [0.25, 0.3) is 22.5 Å². The van der Waals surface area contributed by atoms with Crippen molar-refractivity contribution < 1.29 is 4.52 Å². The van der Waals surface area contributed by atoms with Gasteiger partial charge in [-0.05, 0) is 18.1 Å². The molecule has 0 bridgehead atoms. The zero-order chi connectivity index (χ0) is 13.9. The van der Waals surface area contributed by atoms with Crippen molar-refractivity contribution in [1.82, 2.24) is 5.16 Å². The predicted octanol–water partition coefficient (Wildman–Crippen LogP) is 5.21. The van der Waals surface area contributed by atoms with E-state index < -0.39 is 0 Å². The first-order valence-corrected chi connectivity index (χ1v) is 7.58. The van der Waals surface area contributed by atoms with E-state index in [1.807, 2.05) is 25.1 Å². The van der Waals surface area contributed by atoms with Crippen molar-refractivity contribution in [3.63, 3.8) is 0 Å². The molecule has 0 aliphatic carbocycles. The lowest BCUT2D eigenvalue weighted by Gasteiger charge is -2.03. The molecule has 0 unspecified atom stereocenters. The van der Waals surface area contributed by atoms with Crippen molar-refractivity contribution in [2.24, 2.45) is 0 Å². The van der Waals surface area contributed by atoms with Crippen LogP contribution in [0.5, 0.6) is 0 Å². The molecule has 3 heteroatoms. The molecule has 0 saturated carbocycles. The number of halogens is 1. The predicted molar refractivity (Wildman–Crippen MR) is 84.7 cm³/mol. The normalized spacial score (nSPS) is 10.7. The molecule has 0 aliphatic heterocycles. The van der Waals surface area contributed by atoms with E-state index >= 15 is 0 Å². The summed E-state index contributed by atoms with van der Waals surface area (Å²) in [5, 5.41) is 4.79. The van der Waals surface area contributed by atoms with Gasteiger partial charge in [-0.2, -0.15) is 0 Å². The van der Waals surface area contributed by atoms with Crippen molar-refractivity contribution in [2.45, 2.75) is 12.3 Å². The summed E-state index contributed by atoms with van der Waals surface area (Å²) in [5.74, 6) is 0.846. The quantitative estimate of drug-likeness (QED) is 0.617. The van der Waals surface area contributed by atoms with Gasteiger partial charge < -0.3 is 4.52 Å². The Morgan fingerprint density at radius 1 is 0.900 bits per heavy atom. The monoisotopic (exact) mass is 327 g/mol.